The third-order valence-electron chi connectivity index (χ3n) is 6.78. The predicted molar refractivity (Wildman–Crippen MR) is 127 cm³/mol. The zero-order valence-corrected chi connectivity index (χ0v) is 19.0. The smallest absolute Gasteiger partial charge is 0.251 e. The summed E-state index contributed by atoms with van der Waals surface area (Å²) in [5, 5.41) is 24.9. The third-order valence-corrected chi connectivity index (χ3v) is 6.78. The molecule has 7 heteroatoms. The normalized spacial score (nSPS) is 24.4. The van der Waals surface area contributed by atoms with Crippen LogP contribution in [0.25, 0.3) is 0 Å². The maximum Gasteiger partial charge on any atom is 0.251 e. The number of guanidine groups is 1. The summed E-state index contributed by atoms with van der Waals surface area (Å²) < 4.78 is 0. The number of carbonyl (C=O) groups excluding carboxylic acids is 2. The van der Waals surface area contributed by atoms with Crippen LogP contribution in [0.15, 0.2) is 61.2 Å². The number of hydrogen-bond acceptors (Lipinski definition) is 4. The molecule has 2 aromatic carbocycles. The molecule has 2 aromatic rings. The first kappa shape index (κ1) is 22.7. The molecule has 172 valence electrons. The zero-order valence-electron chi connectivity index (χ0n) is 19.0. The van der Waals surface area contributed by atoms with Crippen LogP contribution in [-0.4, -0.2) is 39.4 Å². The maximum atomic E-state index is 13.0. The monoisotopic (exact) mass is 446 g/mol. The molecule has 1 aliphatic heterocycles. The Morgan fingerprint density at radius 1 is 1.33 bits per heavy atom. The highest BCUT2D eigenvalue weighted by Gasteiger charge is 2.41. The summed E-state index contributed by atoms with van der Waals surface area (Å²) in [6.45, 7) is 8.03. The number of nitrogens with zero attached hydrogens (tertiary/aromatic N) is 1. The topological polar surface area (TPSA) is 106 Å². The first-order chi connectivity index (χ1) is 15.7. The highest BCUT2D eigenvalue weighted by Crippen LogP contribution is 2.32. The van der Waals surface area contributed by atoms with Gasteiger partial charge in [-0.15, -0.1) is 6.58 Å². The summed E-state index contributed by atoms with van der Waals surface area (Å²) in [6, 6.07) is 14.3. The molecule has 2 amide bonds. The van der Waals surface area contributed by atoms with E-state index in [1.54, 1.807) is 24.3 Å². The van der Waals surface area contributed by atoms with Gasteiger partial charge in [-0.25, -0.2) is 0 Å². The van der Waals surface area contributed by atoms with Crippen molar-refractivity contribution in [1.82, 2.24) is 15.5 Å². The molecule has 3 atom stereocenters. The van der Waals surface area contributed by atoms with Gasteiger partial charge in [0.2, 0.25) is 5.91 Å². The minimum absolute atomic E-state index is 0.0281. The van der Waals surface area contributed by atoms with E-state index in [4.69, 9.17) is 5.41 Å². The van der Waals surface area contributed by atoms with Crippen molar-refractivity contribution in [3.05, 3.63) is 83.4 Å². The molecule has 0 unspecified atom stereocenters. The van der Waals surface area contributed by atoms with E-state index in [1.165, 1.54) is 4.90 Å². The Balaban J connectivity index is 1.47. The lowest BCUT2D eigenvalue weighted by molar-refractivity contribution is -0.131. The van der Waals surface area contributed by atoms with Crippen LogP contribution in [0.3, 0.4) is 0 Å². The maximum absolute atomic E-state index is 13.0. The van der Waals surface area contributed by atoms with Crippen LogP contribution in [0.2, 0.25) is 0 Å². The van der Waals surface area contributed by atoms with Gasteiger partial charge in [0.1, 0.15) is 0 Å². The Bertz CT molecular complexity index is 1090. The molecule has 4 rings (SSSR count). The number of carbonyl (C=O) groups is 2. The van der Waals surface area contributed by atoms with Gasteiger partial charge in [-0.1, -0.05) is 56.3 Å². The first-order valence-corrected chi connectivity index (χ1v) is 11.2. The molecule has 2 aliphatic rings. The molecule has 0 saturated carbocycles. The van der Waals surface area contributed by atoms with E-state index in [2.05, 4.69) is 17.2 Å². The van der Waals surface area contributed by atoms with E-state index >= 15 is 0 Å². The van der Waals surface area contributed by atoms with E-state index in [9.17, 15) is 14.7 Å². The Morgan fingerprint density at radius 3 is 2.79 bits per heavy atom. The van der Waals surface area contributed by atoms with Gasteiger partial charge < -0.3 is 15.7 Å². The van der Waals surface area contributed by atoms with Crippen LogP contribution in [0.4, 0.5) is 0 Å². The number of aliphatic hydroxyl groups excluding tert-OH is 1. The Morgan fingerprint density at radius 2 is 2.09 bits per heavy atom. The number of rotatable bonds is 6. The average molecular weight is 447 g/mol. The van der Waals surface area contributed by atoms with Crippen molar-refractivity contribution in [2.75, 3.05) is 0 Å². The van der Waals surface area contributed by atoms with E-state index in [-0.39, 0.29) is 36.7 Å². The second-order valence-electron chi connectivity index (χ2n) is 9.15. The van der Waals surface area contributed by atoms with Crippen LogP contribution in [-0.2, 0) is 17.8 Å². The van der Waals surface area contributed by atoms with Gasteiger partial charge in [-0.05, 0) is 34.7 Å². The minimum atomic E-state index is -0.668. The van der Waals surface area contributed by atoms with Crippen LogP contribution in [0.5, 0.6) is 0 Å². The molecule has 0 aromatic heterocycles. The predicted octanol–water partition coefficient (Wildman–Crippen LogP) is 2.91. The van der Waals surface area contributed by atoms with Gasteiger partial charge >= 0.3 is 0 Å². The molecule has 1 saturated heterocycles. The lowest BCUT2D eigenvalue weighted by Crippen LogP contribution is -2.63. The van der Waals surface area contributed by atoms with Crippen molar-refractivity contribution in [1.29, 1.82) is 5.41 Å². The van der Waals surface area contributed by atoms with Gasteiger partial charge in [0, 0.05) is 12.0 Å². The number of aliphatic hydroxyl groups is 1. The van der Waals surface area contributed by atoms with Gasteiger partial charge in [0.05, 0.1) is 30.7 Å². The van der Waals surface area contributed by atoms with Crippen molar-refractivity contribution >= 4 is 17.8 Å². The number of fused-ring (bicyclic) bond motifs is 1. The number of nitrogens with one attached hydrogen (secondary N) is 3. The van der Waals surface area contributed by atoms with Crippen LogP contribution >= 0.6 is 0 Å². The van der Waals surface area contributed by atoms with Crippen molar-refractivity contribution < 1.29 is 14.7 Å². The molecule has 7 nitrogen and oxygen atoms in total. The molecule has 1 heterocycles. The fraction of sp³-hybridized carbons (Fsp3) is 0.346. The van der Waals surface area contributed by atoms with Crippen molar-refractivity contribution in [2.24, 2.45) is 5.92 Å². The fourth-order valence-electron chi connectivity index (χ4n) is 4.64. The largest absolute Gasteiger partial charge is 0.390 e. The molecule has 0 radical (unpaired) electrons. The van der Waals surface area contributed by atoms with E-state index in [0.717, 1.165) is 16.7 Å². The minimum Gasteiger partial charge on any atom is -0.390 e. The summed E-state index contributed by atoms with van der Waals surface area (Å²) in [6.07, 6.45) is 1.77. The van der Waals surface area contributed by atoms with Gasteiger partial charge in [0.15, 0.2) is 5.96 Å². The summed E-state index contributed by atoms with van der Waals surface area (Å²) >= 11 is 0. The lowest BCUT2D eigenvalue weighted by Gasteiger charge is -2.43. The zero-order chi connectivity index (χ0) is 23.8. The summed E-state index contributed by atoms with van der Waals surface area (Å²) in [5.41, 5.74) is 2.52. The van der Waals surface area contributed by atoms with Crippen LogP contribution < -0.4 is 10.6 Å². The van der Waals surface area contributed by atoms with Crippen molar-refractivity contribution in [3.63, 3.8) is 0 Å². The van der Waals surface area contributed by atoms with Crippen molar-refractivity contribution in [2.45, 2.75) is 50.9 Å². The third kappa shape index (κ3) is 4.28. The Labute approximate surface area is 194 Å². The SMILES string of the molecule is C=C[C@@]1(C(C)C)CC(=O)N(Cc2cccc(C(=O)N[C@@H]3c4ccccc4C[C@@H]3O)c2)C(=N)N1. The van der Waals surface area contributed by atoms with Crippen molar-refractivity contribution in [3.8, 4) is 0 Å². The molecular formula is C26H30N4O3. The molecule has 33 heavy (non-hydrogen) atoms. The summed E-state index contributed by atoms with van der Waals surface area (Å²) in [5.74, 6) is -0.320. The quantitative estimate of drug-likeness (QED) is 0.512. The Hall–Kier alpha value is -3.45. The lowest BCUT2D eigenvalue weighted by atomic mass is 9.81. The van der Waals surface area contributed by atoms with E-state index in [0.29, 0.717) is 12.0 Å². The second-order valence-corrected chi connectivity index (χ2v) is 9.15. The number of hydrogen-bond donors (Lipinski definition) is 4. The van der Waals surface area contributed by atoms with Crippen LogP contribution in [0, 0.1) is 11.3 Å². The molecule has 4 N–H and O–H groups in total. The first-order valence-electron chi connectivity index (χ1n) is 11.2. The number of benzene rings is 2. The van der Waals surface area contributed by atoms with Crippen LogP contribution in [0.1, 0.15) is 53.4 Å². The van der Waals surface area contributed by atoms with E-state index < -0.39 is 17.7 Å². The standard InChI is InChI=1S/C26H30N4O3/c1-4-26(16(2)3)14-22(32)30(25(27)29-26)15-17-8-7-10-19(12-17)24(33)28-23-20-11-6-5-9-18(20)13-21(23)31/h4-12,16,21,23,31H,1,13-15H2,2-3H3,(H2,27,29)(H,28,33)/t21-,23+,26-/m0/s1. The number of amides is 2. The van der Waals surface area contributed by atoms with Gasteiger partial charge in [-0.3, -0.25) is 19.9 Å². The fourth-order valence-corrected chi connectivity index (χ4v) is 4.64. The molecular weight excluding hydrogens is 416 g/mol. The molecule has 1 aliphatic carbocycles. The highest BCUT2D eigenvalue weighted by atomic mass is 16.3. The summed E-state index contributed by atoms with van der Waals surface area (Å²) in [7, 11) is 0. The Kier molecular flexibility index (Phi) is 6.08. The highest BCUT2D eigenvalue weighted by molar-refractivity contribution is 5.99. The summed E-state index contributed by atoms with van der Waals surface area (Å²) in [4.78, 5) is 27.2. The van der Waals surface area contributed by atoms with Gasteiger partial charge in [0.25, 0.3) is 5.91 Å². The molecule has 1 fully saturated rings. The van der Waals surface area contributed by atoms with E-state index in [1.807, 2.05) is 44.2 Å². The molecule has 0 bridgehead atoms. The second kappa shape index (κ2) is 8.83. The average Bonchev–Trinajstić information content (AvgIpc) is 3.11. The molecule has 0 spiro atoms. The van der Waals surface area contributed by atoms with Gasteiger partial charge in [-0.2, -0.15) is 0 Å².